The van der Waals surface area contributed by atoms with Gasteiger partial charge in [0.15, 0.2) is 0 Å². The number of hydrogen-bond acceptors (Lipinski definition) is 9. The Morgan fingerprint density at radius 1 is 1.04 bits per heavy atom. The first kappa shape index (κ1) is 39.6. The van der Waals surface area contributed by atoms with Crippen LogP contribution in [0.1, 0.15) is 96.5 Å². The first-order valence-corrected chi connectivity index (χ1v) is 19.6. The highest BCUT2D eigenvalue weighted by Crippen LogP contribution is 2.44. The molecule has 2 aliphatic rings. The van der Waals surface area contributed by atoms with Crippen molar-refractivity contribution in [3.05, 3.63) is 47.1 Å². The second-order valence-corrected chi connectivity index (χ2v) is 15.0. The summed E-state index contributed by atoms with van der Waals surface area (Å²) in [6, 6.07) is 11.7. The molecule has 3 aromatic rings. The molecule has 2 unspecified atom stereocenters. The van der Waals surface area contributed by atoms with Gasteiger partial charge in [-0.25, -0.2) is 0 Å². The van der Waals surface area contributed by atoms with Gasteiger partial charge in [0.05, 0.1) is 40.2 Å². The average Bonchev–Trinajstić information content (AvgIpc) is 3.12. The Morgan fingerprint density at radius 3 is 2.46 bits per heavy atom. The number of anilines is 3. The molecule has 2 atom stereocenters. The first-order chi connectivity index (χ1) is 25.2. The highest BCUT2D eigenvalue weighted by Gasteiger charge is 2.44. The number of ether oxygens (including phenoxy) is 3. The van der Waals surface area contributed by atoms with E-state index in [9.17, 15) is 10.1 Å². The molecular formula is C41H57ClN6O4. The lowest BCUT2D eigenvalue weighted by Crippen LogP contribution is -2.57. The summed E-state index contributed by atoms with van der Waals surface area (Å²) in [5, 5.41) is 21.5. The van der Waals surface area contributed by atoms with Crippen LogP contribution in [-0.4, -0.2) is 74.9 Å². The molecule has 1 aliphatic carbocycles. The normalized spacial score (nSPS) is 19.2. The molecule has 0 bridgehead atoms. The molecule has 11 heteroatoms. The Balaban J connectivity index is 1.35. The predicted octanol–water partition coefficient (Wildman–Crippen LogP) is 8.84. The molecule has 1 aromatic heterocycles. The number of amides is 1. The van der Waals surface area contributed by atoms with Crippen molar-refractivity contribution in [1.82, 2.24) is 15.2 Å². The number of nitrogens with one attached hydrogen (secondary N) is 3. The van der Waals surface area contributed by atoms with Crippen molar-refractivity contribution in [1.29, 1.82) is 5.26 Å². The molecule has 2 fully saturated rings. The van der Waals surface area contributed by atoms with Crippen LogP contribution in [-0.2, 0) is 9.53 Å². The van der Waals surface area contributed by atoms with E-state index in [1.807, 2.05) is 45.3 Å². The number of piperidine rings is 1. The van der Waals surface area contributed by atoms with Crippen molar-refractivity contribution in [2.24, 2.45) is 5.41 Å². The molecule has 5 rings (SSSR count). The number of aromatic nitrogens is 1. The number of pyridine rings is 1. The van der Waals surface area contributed by atoms with Gasteiger partial charge in [-0.3, -0.25) is 9.78 Å². The minimum absolute atomic E-state index is 0.104. The van der Waals surface area contributed by atoms with E-state index in [4.69, 9.17) is 25.8 Å². The highest BCUT2D eigenvalue weighted by molar-refractivity contribution is 6.32. The van der Waals surface area contributed by atoms with E-state index in [0.717, 1.165) is 32.5 Å². The molecule has 52 heavy (non-hydrogen) atoms. The molecular weight excluding hydrogens is 676 g/mol. The molecule has 1 saturated carbocycles. The van der Waals surface area contributed by atoms with E-state index in [0.29, 0.717) is 69.7 Å². The number of nitrogens with zero attached hydrogens (tertiary/aromatic N) is 3. The largest absolute Gasteiger partial charge is 0.492 e. The van der Waals surface area contributed by atoms with E-state index in [-0.39, 0.29) is 23.5 Å². The maximum Gasteiger partial charge on any atom is 0.224 e. The molecule has 1 saturated heterocycles. The summed E-state index contributed by atoms with van der Waals surface area (Å²) >= 11 is 6.88. The molecule has 2 aromatic carbocycles. The standard InChI is InChI=1S/C41H57ClN6O4/c1-5-50-31-24-41(18-12-10-8-7-9-11-13-19-41)38(45-27-31)28-52-36-17-16-30(21-33(36)42)46-40-29(25-43)26-44-34-23-37(51-6-2)35(22-32(34)40)47-39(49)15-14-20-48(3)4/h16-17,21-23,26,31,38,45H,5-15,18-20,24,27-28H2,1-4H3,(H,44,46)(H,47,49). The van der Waals surface area contributed by atoms with E-state index < -0.39 is 0 Å². The molecule has 2 heterocycles. The van der Waals surface area contributed by atoms with Crippen LogP contribution in [0.5, 0.6) is 11.5 Å². The molecule has 0 radical (unpaired) electrons. The third kappa shape index (κ3) is 10.5. The van der Waals surface area contributed by atoms with Gasteiger partial charge in [0.25, 0.3) is 0 Å². The third-order valence-corrected chi connectivity index (χ3v) is 10.8. The van der Waals surface area contributed by atoms with Crippen LogP contribution in [0.15, 0.2) is 36.5 Å². The van der Waals surface area contributed by atoms with E-state index in [1.54, 1.807) is 12.3 Å². The summed E-state index contributed by atoms with van der Waals surface area (Å²) in [5.74, 6) is 1.04. The molecule has 282 valence electrons. The molecule has 1 aliphatic heterocycles. The van der Waals surface area contributed by atoms with Crippen molar-refractivity contribution in [3.8, 4) is 17.6 Å². The monoisotopic (exact) mass is 732 g/mol. The summed E-state index contributed by atoms with van der Waals surface area (Å²) in [5.41, 5.74) is 2.92. The van der Waals surface area contributed by atoms with Gasteiger partial charge >= 0.3 is 0 Å². The SMILES string of the molecule is CCOc1cc2ncc(C#N)c(Nc3ccc(OCC4NCC(OCC)CC45CCCCCCCCC5)c(Cl)c3)c2cc1NC(=O)CCCN(C)C. The number of carbonyl (C=O) groups excluding carboxylic acids is 1. The lowest BCUT2D eigenvalue weighted by Gasteiger charge is -2.48. The minimum atomic E-state index is -0.104. The van der Waals surface area contributed by atoms with Crippen LogP contribution < -0.4 is 25.4 Å². The molecule has 10 nitrogen and oxygen atoms in total. The topological polar surface area (TPSA) is 121 Å². The van der Waals surface area contributed by atoms with E-state index in [2.05, 4.69) is 38.8 Å². The maximum atomic E-state index is 12.9. The number of benzene rings is 2. The maximum absolute atomic E-state index is 12.9. The molecule has 3 N–H and O–H groups in total. The van der Waals surface area contributed by atoms with E-state index in [1.165, 1.54) is 57.8 Å². The van der Waals surface area contributed by atoms with Crippen molar-refractivity contribution >= 4 is 45.5 Å². The quantitative estimate of drug-likeness (QED) is 0.149. The highest BCUT2D eigenvalue weighted by atomic mass is 35.5. The number of carbonyl (C=O) groups is 1. The van der Waals surface area contributed by atoms with Gasteiger partial charge < -0.3 is 35.1 Å². The first-order valence-electron chi connectivity index (χ1n) is 19.2. The van der Waals surface area contributed by atoms with Gasteiger partial charge in [0.2, 0.25) is 5.91 Å². The third-order valence-electron chi connectivity index (χ3n) is 10.5. The lowest BCUT2D eigenvalue weighted by atomic mass is 9.66. The van der Waals surface area contributed by atoms with Crippen molar-refractivity contribution in [3.63, 3.8) is 0 Å². The summed E-state index contributed by atoms with van der Waals surface area (Å²) < 4.78 is 18.5. The van der Waals surface area contributed by atoms with Gasteiger partial charge in [-0.2, -0.15) is 5.26 Å². The van der Waals surface area contributed by atoms with Crippen molar-refractivity contribution in [2.45, 2.75) is 103 Å². The number of hydrogen-bond donors (Lipinski definition) is 3. The zero-order valence-electron chi connectivity index (χ0n) is 31.5. The Hall–Kier alpha value is -3.62. The Kier molecular flexibility index (Phi) is 14.8. The van der Waals surface area contributed by atoms with Crippen LogP contribution in [0.25, 0.3) is 10.9 Å². The number of rotatable bonds is 14. The van der Waals surface area contributed by atoms with E-state index >= 15 is 0 Å². The zero-order chi connectivity index (χ0) is 36.9. The Bertz CT molecular complexity index is 1670. The lowest BCUT2D eigenvalue weighted by molar-refractivity contribution is -0.116. The van der Waals surface area contributed by atoms with Gasteiger partial charge in [-0.15, -0.1) is 0 Å². The zero-order valence-corrected chi connectivity index (χ0v) is 32.2. The van der Waals surface area contributed by atoms with Crippen LogP contribution in [0, 0.1) is 16.7 Å². The summed E-state index contributed by atoms with van der Waals surface area (Å²) in [7, 11) is 3.97. The molecule has 1 amide bonds. The fourth-order valence-corrected chi connectivity index (χ4v) is 8.09. The van der Waals surface area contributed by atoms with Crippen molar-refractivity contribution in [2.75, 3.05) is 57.6 Å². The van der Waals surface area contributed by atoms with Gasteiger partial charge in [-0.05, 0) is 89.9 Å². The van der Waals surface area contributed by atoms with Crippen LogP contribution >= 0.6 is 11.6 Å². The summed E-state index contributed by atoms with van der Waals surface area (Å²) in [6.45, 7) is 7.30. The second-order valence-electron chi connectivity index (χ2n) is 14.6. The Labute approximate surface area is 314 Å². The van der Waals surface area contributed by atoms with Gasteiger partial charge in [0, 0.05) is 49.0 Å². The summed E-state index contributed by atoms with van der Waals surface area (Å²) in [6.07, 6.45) is 15.4. The fraction of sp³-hybridized carbons (Fsp3) is 0.585. The van der Waals surface area contributed by atoms with Crippen LogP contribution in [0.4, 0.5) is 17.1 Å². The average molecular weight is 733 g/mol. The number of nitriles is 1. The summed E-state index contributed by atoms with van der Waals surface area (Å²) in [4.78, 5) is 19.5. The van der Waals surface area contributed by atoms with Gasteiger partial charge in [-0.1, -0.05) is 56.5 Å². The minimum Gasteiger partial charge on any atom is -0.492 e. The van der Waals surface area contributed by atoms with Crippen LogP contribution in [0.3, 0.4) is 0 Å². The predicted molar refractivity (Wildman–Crippen MR) is 210 cm³/mol. The number of fused-ring (bicyclic) bond motifs is 1. The van der Waals surface area contributed by atoms with Gasteiger partial charge in [0.1, 0.15) is 24.2 Å². The Morgan fingerprint density at radius 2 is 1.79 bits per heavy atom. The second kappa shape index (κ2) is 19.5. The molecule has 1 spiro atoms. The fourth-order valence-electron chi connectivity index (χ4n) is 7.86. The van der Waals surface area contributed by atoms with Crippen LogP contribution in [0.2, 0.25) is 5.02 Å². The van der Waals surface area contributed by atoms with Crippen molar-refractivity contribution < 1.29 is 19.0 Å². The number of halogens is 1. The smallest absolute Gasteiger partial charge is 0.224 e.